The normalized spacial score (nSPS) is 12.1. The van der Waals surface area contributed by atoms with E-state index in [-0.39, 0.29) is 11.9 Å². The number of carbonyl (C=O) groups is 1. The predicted octanol–water partition coefficient (Wildman–Crippen LogP) is 2.90. The van der Waals surface area contributed by atoms with Crippen LogP contribution in [0.3, 0.4) is 0 Å². The number of benzene rings is 1. The number of nitrogens with one attached hydrogen (secondary N) is 1. The maximum Gasteiger partial charge on any atom is 0.244 e. The van der Waals surface area contributed by atoms with Gasteiger partial charge in [0.1, 0.15) is 6.04 Å². The van der Waals surface area contributed by atoms with Crippen LogP contribution in [0.15, 0.2) is 47.2 Å². The number of carbonyl (C=O) groups excluding carboxylic acids is 1. The van der Waals surface area contributed by atoms with Crippen molar-refractivity contribution in [2.75, 3.05) is 6.54 Å². The van der Waals surface area contributed by atoms with E-state index in [9.17, 15) is 4.79 Å². The molecular formula is C17H18ClN5O2. The number of halogens is 1. The smallest absolute Gasteiger partial charge is 0.244 e. The van der Waals surface area contributed by atoms with Gasteiger partial charge >= 0.3 is 0 Å². The molecule has 8 heteroatoms. The average Bonchev–Trinajstić information content (AvgIpc) is 3.28. The summed E-state index contributed by atoms with van der Waals surface area (Å²) in [6, 6.07) is 8.68. The van der Waals surface area contributed by atoms with Gasteiger partial charge in [0.2, 0.25) is 17.6 Å². The van der Waals surface area contributed by atoms with E-state index in [2.05, 4.69) is 20.6 Å². The van der Waals surface area contributed by atoms with Gasteiger partial charge in [-0.3, -0.25) is 9.48 Å². The van der Waals surface area contributed by atoms with Crippen LogP contribution < -0.4 is 5.32 Å². The van der Waals surface area contributed by atoms with Gasteiger partial charge in [-0.25, -0.2) is 0 Å². The van der Waals surface area contributed by atoms with Crippen LogP contribution in [0.5, 0.6) is 0 Å². The molecule has 0 saturated heterocycles. The molecule has 0 fully saturated rings. The minimum atomic E-state index is -0.317. The van der Waals surface area contributed by atoms with E-state index in [0.717, 1.165) is 5.56 Å². The maximum atomic E-state index is 12.3. The summed E-state index contributed by atoms with van der Waals surface area (Å²) in [7, 11) is 0. The summed E-state index contributed by atoms with van der Waals surface area (Å²) in [5.41, 5.74) is 0.827. The van der Waals surface area contributed by atoms with Gasteiger partial charge in [0.15, 0.2) is 0 Å². The van der Waals surface area contributed by atoms with E-state index in [1.165, 1.54) is 0 Å². The lowest BCUT2D eigenvalue weighted by atomic mass is 10.2. The van der Waals surface area contributed by atoms with Gasteiger partial charge in [-0.1, -0.05) is 23.7 Å². The summed E-state index contributed by atoms with van der Waals surface area (Å²) in [6.07, 6.45) is 4.56. The second-order valence-electron chi connectivity index (χ2n) is 5.47. The zero-order valence-electron chi connectivity index (χ0n) is 13.7. The van der Waals surface area contributed by atoms with Crippen molar-refractivity contribution in [2.24, 2.45) is 0 Å². The fourth-order valence-corrected chi connectivity index (χ4v) is 2.57. The van der Waals surface area contributed by atoms with E-state index in [0.29, 0.717) is 36.1 Å². The topological polar surface area (TPSA) is 85.8 Å². The molecule has 2 aromatic heterocycles. The third-order valence-electron chi connectivity index (χ3n) is 3.74. The molecule has 130 valence electrons. The Morgan fingerprint density at radius 3 is 2.84 bits per heavy atom. The van der Waals surface area contributed by atoms with Gasteiger partial charge in [-0.05, 0) is 36.8 Å². The Kier molecular flexibility index (Phi) is 5.45. The number of aromatic nitrogens is 4. The third-order valence-corrected chi connectivity index (χ3v) is 3.99. The molecule has 0 aliphatic carbocycles. The maximum absolute atomic E-state index is 12.3. The predicted molar refractivity (Wildman–Crippen MR) is 93.0 cm³/mol. The fourth-order valence-electron chi connectivity index (χ4n) is 2.44. The molecule has 1 aromatic carbocycles. The van der Waals surface area contributed by atoms with Crippen LogP contribution in [-0.2, 0) is 11.2 Å². The number of amides is 1. The first-order valence-corrected chi connectivity index (χ1v) is 8.40. The Labute approximate surface area is 150 Å². The Hall–Kier alpha value is -2.67. The summed E-state index contributed by atoms with van der Waals surface area (Å²) in [5.74, 6) is 0.891. The van der Waals surface area contributed by atoms with Crippen LogP contribution in [-0.4, -0.2) is 32.4 Å². The average molecular weight is 360 g/mol. The van der Waals surface area contributed by atoms with Crippen LogP contribution in [0.2, 0.25) is 5.02 Å². The molecule has 2 heterocycles. The van der Waals surface area contributed by atoms with Crippen molar-refractivity contribution in [3.63, 3.8) is 0 Å². The monoisotopic (exact) mass is 359 g/mol. The quantitative estimate of drug-likeness (QED) is 0.701. The standard InChI is InChI=1S/C17H18ClN5O2/c1-2-14(23-11-3-9-20-23)17(24)19-10-8-15-21-16(22-25-15)12-4-6-13(18)7-5-12/h3-7,9,11,14H,2,8,10H2,1H3,(H,19,24)/t14-/m1/s1. The highest BCUT2D eigenvalue weighted by Gasteiger charge is 2.18. The first kappa shape index (κ1) is 17.2. The van der Waals surface area contributed by atoms with Crippen molar-refractivity contribution in [1.82, 2.24) is 25.2 Å². The molecule has 25 heavy (non-hydrogen) atoms. The SMILES string of the molecule is CC[C@H](C(=O)NCCc1nc(-c2ccc(Cl)cc2)no1)n1cccn1. The lowest BCUT2D eigenvalue weighted by Gasteiger charge is -2.14. The number of hydrogen-bond donors (Lipinski definition) is 1. The molecule has 0 aliphatic heterocycles. The first-order chi connectivity index (χ1) is 12.2. The Morgan fingerprint density at radius 1 is 1.36 bits per heavy atom. The van der Waals surface area contributed by atoms with Crippen LogP contribution >= 0.6 is 11.6 Å². The van der Waals surface area contributed by atoms with E-state index < -0.39 is 0 Å². The second-order valence-corrected chi connectivity index (χ2v) is 5.91. The molecule has 0 radical (unpaired) electrons. The summed E-state index contributed by atoms with van der Waals surface area (Å²) in [5, 5.41) is 11.6. The van der Waals surface area contributed by atoms with E-state index >= 15 is 0 Å². The Bertz CT molecular complexity index is 814. The number of rotatable bonds is 7. The Morgan fingerprint density at radius 2 is 2.16 bits per heavy atom. The molecule has 3 aromatic rings. The molecule has 1 atom stereocenters. The molecular weight excluding hydrogens is 342 g/mol. The first-order valence-electron chi connectivity index (χ1n) is 8.02. The minimum Gasteiger partial charge on any atom is -0.354 e. The Balaban J connectivity index is 1.54. The van der Waals surface area contributed by atoms with Crippen LogP contribution in [0.4, 0.5) is 0 Å². The van der Waals surface area contributed by atoms with Crippen molar-refractivity contribution in [1.29, 1.82) is 0 Å². The summed E-state index contributed by atoms with van der Waals surface area (Å²) in [6.45, 7) is 2.36. The summed E-state index contributed by atoms with van der Waals surface area (Å²) in [4.78, 5) is 16.6. The van der Waals surface area contributed by atoms with Crippen LogP contribution in [0.25, 0.3) is 11.4 Å². The molecule has 0 bridgehead atoms. The van der Waals surface area contributed by atoms with E-state index in [4.69, 9.17) is 16.1 Å². The van der Waals surface area contributed by atoms with Crippen molar-refractivity contribution >= 4 is 17.5 Å². The van der Waals surface area contributed by atoms with Crippen molar-refractivity contribution in [2.45, 2.75) is 25.8 Å². The van der Waals surface area contributed by atoms with Crippen molar-refractivity contribution in [3.8, 4) is 11.4 Å². The number of hydrogen-bond acceptors (Lipinski definition) is 5. The van der Waals surface area contributed by atoms with Gasteiger partial charge in [0, 0.05) is 35.9 Å². The molecule has 0 spiro atoms. The molecule has 0 aliphatic rings. The highest BCUT2D eigenvalue weighted by molar-refractivity contribution is 6.30. The van der Waals surface area contributed by atoms with Crippen LogP contribution in [0, 0.1) is 0 Å². The molecule has 0 unspecified atom stereocenters. The zero-order valence-corrected chi connectivity index (χ0v) is 14.5. The molecule has 1 amide bonds. The minimum absolute atomic E-state index is 0.0800. The lowest BCUT2D eigenvalue weighted by Crippen LogP contribution is -2.33. The highest BCUT2D eigenvalue weighted by Crippen LogP contribution is 2.18. The van der Waals surface area contributed by atoms with E-state index in [1.807, 2.05) is 19.1 Å². The van der Waals surface area contributed by atoms with Gasteiger partial charge in [-0.2, -0.15) is 10.1 Å². The van der Waals surface area contributed by atoms with Gasteiger partial charge in [0.25, 0.3) is 0 Å². The molecule has 0 saturated carbocycles. The molecule has 7 nitrogen and oxygen atoms in total. The summed E-state index contributed by atoms with van der Waals surface area (Å²) < 4.78 is 6.88. The summed E-state index contributed by atoms with van der Waals surface area (Å²) >= 11 is 5.87. The van der Waals surface area contributed by atoms with Crippen molar-refractivity contribution in [3.05, 3.63) is 53.6 Å². The molecule has 3 rings (SSSR count). The second kappa shape index (κ2) is 7.94. The molecule has 1 N–H and O–H groups in total. The fraction of sp³-hybridized carbons (Fsp3) is 0.294. The van der Waals surface area contributed by atoms with Gasteiger partial charge < -0.3 is 9.84 Å². The van der Waals surface area contributed by atoms with Crippen molar-refractivity contribution < 1.29 is 9.32 Å². The van der Waals surface area contributed by atoms with Gasteiger partial charge in [0.05, 0.1) is 0 Å². The lowest BCUT2D eigenvalue weighted by molar-refractivity contribution is -0.124. The van der Waals surface area contributed by atoms with Gasteiger partial charge in [-0.15, -0.1) is 0 Å². The highest BCUT2D eigenvalue weighted by atomic mass is 35.5. The van der Waals surface area contributed by atoms with Crippen LogP contribution in [0.1, 0.15) is 25.3 Å². The van der Waals surface area contributed by atoms with E-state index in [1.54, 1.807) is 35.3 Å². The largest absolute Gasteiger partial charge is 0.354 e. The third kappa shape index (κ3) is 4.24. The number of nitrogens with zero attached hydrogens (tertiary/aromatic N) is 4. The zero-order chi connectivity index (χ0) is 17.6.